The molecule has 6 heteroatoms. The number of aromatic nitrogens is 1. The minimum Gasteiger partial charge on any atom is -0.493 e. The molecule has 164 valence electrons. The summed E-state index contributed by atoms with van der Waals surface area (Å²) in [4.78, 5) is 19.9. The molecule has 4 aromatic rings. The fraction of sp³-hybridized carbons (Fsp3) is 0.185. The first kappa shape index (κ1) is 19.6. The number of carbonyl (C=O) groups excluding carboxylic acids is 1. The molecule has 0 fully saturated rings. The largest absolute Gasteiger partial charge is 0.493 e. The van der Waals surface area contributed by atoms with Gasteiger partial charge in [0.15, 0.2) is 11.5 Å². The van der Waals surface area contributed by atoms with Gasteiger partial charge in [0.2, 0.25) is 6.79 Å². The van der Waals surface area contributed by atoms with Gasteiger partial charge in [-0.15, -0.1) is 0 Å². The van der Waals surface area contributed by atoms with Crippen LogP contribution < -0.4 is 14.2 Å². The van der Waals surface area contributed by atoms with E-state index in [0.717, 1.165) is 39.9 Å². The Morgan fingerprint density at radius 1 is 0.848 bits per heavy atom. The minimum atomic E-state index is -0.0323. The summed E-state index contributed by atoms with van der Waals surface area (Å²) in [7, 11) is 0. The molecule has 2 aliphatic rings. The summed E-state index contributed by atoms with van der Waals surface area (Å²) >= 11 is 0. The molecule has 0 saturated carbocycles. The standard InChI is InChI=1S/C27H22N2O4/c30-27(22-5-6-23-20(14-22)2-1-10-28-23)29(15-18-3-7-24-21(12-18)9-11-31-24)16-19-4-8-25-26(13-19)33-17-32-25/h1-8,10,12-14H,9,11,15-17H2. The van der Waals surface area contributed by atoms with E-state index >= 15 is 0 Å². The molecule has 0 atom stereocenters. The Morgan fingerprint density at radius 3 is 2.58 bits per heavy atom. The van der Waals surface area contributed by atoms with Crippen LogP contribution >= 0.6 is 0 Å². The molecule has 6 rings (SSSR count). The van der Waals surface area contributed by atoms with Crippen molar-refractivity contribution in [3.05, 3.63) is 95.2 Å². The quantitative estimate of drug-likeness (QED) is 0.450. The second-order valence-electron chi connectivity index (χ2n) is 8.30. The lowest BCUT2D eigenvalue weighted by Gasteiger charge is -2.24. The van der Waals surface area contributed by atoms with E-state index < -0.39 is 0 Å². The molecule has 33 heavy (non-hydrogen) atoms. The monoisotopic (exact) mass is 438 g/mol. The number of rotatable bonds is 5. The predicted octanol–water partition coefficient (Wildman–Crippen LogP) is 4.74. The van der Waals surface area contributed by atoms with Crippen LogP contribution in [0.1, 0.15) is 27.0 Å². The maximum Gasteiger partial charge on any atom is 0.254 e. The van der Waals surface area contributed by atoms with E-state index in [2.05, 4.69) is 11.1 Å². The van der Waals surface area contributed by atoms with Gasteiger partial charge in [-0.25, -0.2) is 0 Å². The third-order valence-electron chi connectivity index (χ3n) is 6.07. The lowest BCUT2D eigenvalue weighted by atomic mass is 10.1. The Kier molecular flexibility index (Phi) is 4.83. The molecular weight excluding hydrogens is 416 g/mol. The third kappa shape index (κ3) is 3.84. The fourth-order valence-electron chi connectivity index (χ4n) is 4.41. The van der Waals surface area contributed by atoms with Gasteiger partial charge in [-0.2, -0.15) is 0 Å². The topological polar surface area (TPSA) is 60.9 Å². The summed E-state index contributed by atoms with van der Waals surface area (Å²) in [5.74, 6) is 2.35. The lowest BCUT2D eigenvalue weighted by molar-refractivity contribution is 0.0730. The van der Waals surface area contributed by atoms with Gasteiger partial charge < -0.3 is 19.1 Å². The van der Waals surface area contributed by atoms with Crippen molar-refractivity contribution in [2.24, 2.45) is 0 Å². The number of hydrogen-bond donors (Lipinski definition) is 0. The Bertz CT molecular complexity index is 1310. The van der Waals surface area contributed by atoms with Crippen molar-refractivity contribution in [3.63, 3.8) is 0 Å². The zero-order chi connectivity index (χ0) is 22.2. The van der Waals surface area contributed by atoms with E-state index in [0.29, 0.717) is 31.0 Å². The number of carbonyl (C=O) groups is 1. The maximum atomic E-state index is 13.7. The van der Waals surface area contributed by atoms with Gasteiger partial charge in [-0.3, -0.25) is 9.78 Å². The van der Waals surface area contributed by atoms with Gasteiger partial charge >= 0.3 is 0 Å². The van der Waals surface area contributed by atoms with Gasteiger partial charge in [0.25, 0.3) is 5.91 Å². The lowest BCUT2D eigenvalue weighted by Crippen LogP contribution is -2.30. The van der Waals surface area contributed by atoms with Crippen molar-refractivity contribution in [2.75, 3.05) is 13.4 Å². The molecule has 0 unspecified atom stereocenters. The molecule has 6 nitrogen and oxygen atoms in total. The number of pyridine rings is 1. The Labute approximate surface area is 191 Å². The average molecular weight is 438 g/mol. The van der Waals surface area contributed by atoms with Crippen LogP contribution in [0.2, 0.25) is 0 Å². The molecule has 2 aliphatic heterocycles. The van der Waals surface area contributed by atoms with Crippen LogP contribution in [0.4, 0.5) is 0 Å². The van der Waals surface area contributed by atoms with Crippen LogP contribution in [0.25, 0.3) is 10.9 Å². The molecule has 3 heterocycles. The number of amides is 1. The van der Waals surface area contributed by atoms with Crippen LogP contribution in [-0.2, 0) is 19.5 Å². The number of ether oxygens (including phenoxy) is 3. The summed E-state index contributed by atoms with van der Waals surface area (Å²) in [5.41, 5.74) is 4.77. The number of hydrogen-bond acceptors (Lipinski definition) is 5. The Morgan fingerprint density at radius 2 is 1.67 bits per heavy atom. The second kappa shape index (κ2) is 8.13. The molecule has 0 spiro atoms. The highest BCUT2D eigenvalue weighted by molar-refractivity contribution is 5.97. The smallest absolute Gasteiger partial charge is 0.254 e. The predicted molar refractivity (Wildman–Crippen MR) is 124 cm³/mol. The van der Waals surface area contributed by atoms with E-state index in [1.165, 1.54) is 5.56 Å². The van der Waals surface area contributed by atoms with Crippen LogP contribution in [0, 0.1) is 0 Å². The zero-order valence-electron chi connectivity index (χ0n) is 18.0. The van der Waals surface area contributed by atoms with E-state index in [-0.39, 0.29) is 12.7 Å². The van der Waals surface area contributed by atoms with Crippen molar-refractivity contribution in [1.29, 1.82) is 0 Å². The fourth-order valence-corrected chi connectivity index (χ4v) is 4.41. The molecule has 0 saturated heterocycles. The zero-order valence-corrected chi connectivity index (χ0v) is 18.0. The second-order valence-corrected chi connectivity index (χ2v) is 8.30. The summed E-state index contributed by atoms with van der Waals surface area (Å²) in [6.45, 7) is 1.88. The van der Waals surface area contributed by atoms with Gasteiger partial charge in [0, 0.05) is 36.7 Å². The molecule has 3 aromatic carbocycles. The highest BCUT2D eigenvalue weighted by atomic mass is 16.7. The van der Waals surface area contributed by atoms with Gasteiger partial charge in [-0.05, 0) is 59.2 Å². The normalized spacial score (nSPS) is 13.6. The molecule has 1 amide bonds. The van der Waals surface area contributed by atoms with Gasteiger partial charge in [0.05, 0.1) is 12.1 Å². The van der Waals surface area contributed by atoms with Crippen molar-refractivity contribution in [1.82, 2.24) is 9.88 Å². The first-order chi connectivity index (χ1) is 16.2. The van der Waals surface area contributed by atoms with Crippen LogP contribution in [0.15, 0.2) is 72.9 Å². The highest BCUT2D eigenvalue weighted by Crippen LogP contribution is 2.33. The Balaban J connectivity index is 1.33. The molecule has 0 aliphatic carbocycles. The molecular formula is C27H22N2O4. The van der Waals surface area contributed by atoms with Crippen LogP contribution in [0.3, 0.4) is 0 Å². The molecule has 1 aromatic heterocycles. The van der Waals surface area contributed by atoms with Gasteiger partial charge in [-0.1, -0.05) is 24.3 Å². The molecule has 0 radical (unpaired) electrons. The summed E-state index contributed by atoms with van der Waals surface area (Å²) in [6, 6.07) is 21.5. The van der Waals surface area contributed by atoms with E-state index in [1.807, 2.05) is 65.6 Å². The van der Waals surface area contributed by atoms with E-state index in [1.54, 1.807) is 6.20 Å². The SMILES string of the molecule is O=C(c1ccc2ncccc2c1)N(Cc1ccc2c(c1)CCO2)Cc1ccc2c(c1)OCO2. The summed E-state index contributed by atoms with van der Waals surface area (Å²) < 4.78 is 16.6. The molecule has 0 bridgehead atoms. The summed E-state index contributed by atoms with van der Waals surface area (Å²) in [5, 5.41) is 0.945. The van der Waals surface area contributed by atoms with E-state index in [4.69, 9.17) is 14.2 Å². The van der Waals surface area contributed by atoms with Crippen molar-refractivity contribution in [3.8, 4) is 17.2 Å². The third-order valence-corrected chi connectivity index (χ3v) is 6.07. The van der Waals surface area contributed by atoms with Crippen molar-refractivity contribution >= 4 is 16.8 Å². The Hall–Kier alpha value is -4.06. The van der Waals surface area contributed by atoms with Gasteiger partial charge in [0.1, 0.15) is 5.75 Å². The number of benzene rings is 3. The first-order valence-corrected chi connectivity index (χ1v) is 11.0. The maximum absolute atomic E-state index is 13.7. The number of nitrogens with zero attached hydrogens (tertiary/aromatic N) is 2. The van der Waals surface area contributed by atoms with E-state index in [9.17, 15) is 4.79 Å². The summed E-state index contributed by atoms with van der Waals surface area (Å²) in [6.07, 6.45) is 2.66. The average Bonchev–Trinajstić information content (AvgIpc) is 3.51. The first-order valence-electron chi connectivity index (χ1n) is 11.0. The minimum absolute atomic E-state index is 0.0323. The van der Waals surface area contributed by atoms with Crippen LogP contribution in [0.5, 0.6) is 17.2 Å². The molecule has 0 N–H and O–H groups in total. The number of fused-ring (bicyclic) bond motifs is 3. The highest BCUT2D eigenvalue weighted by Gasteiger charge is 2.21. The van der Waals surface area contributed by atoms with Crippen molar-refractivity contribution < 1.29 is 19.0 Å². The van der Waals surface area contributed by atoms with Crippen molar-refractivity contribution in [2.45, 2.75) is 19.5 Å². The van der Waals surface area contributed by atoms with Crippen LogP contribution in [-0.4, -0.2) is 29.2 Å².